The van der Waals surface area contributed by atoms with Crippen LogP contribution in [0.2, 0.25) is 0 Å². The van der Waals surface area contributed by atoms with E-state index >= 15 is 0 Å². The van der Waals surface area contributed by atoms with E-state index in [0.29, 0.717) is 0 Å². The van der Waals surface area contributed by atoms with Crippen molar-refractivity contribution in [2.24, 2.45) is 12.0 Å². The number of halogens is 1. The quantitative estimate of drug-likeness (QED) is 0.638. The standard InChI is InChI=1S/C21H22FN3/c1-20(2)17-14(10-8-11-15(17)22)18(23-21(20,3)4)19-13-9-6-7-12-16(13)24-25(19)5/h6-12H,1-5H3. The molecule has 128 valence electrons. The van der Waals surface area contributed by atoms with Gasteiger partial charge in [0.05, 0.1) is 22.5 Å². The van der Waals surface area contributed by atoms with Gasteiger partial charge in [0.15, 0.2) is 0 Å². The summed E-state index contributed by atoms with van der Waals surface area (Å²) in [5.41, 5.74) is 3.41. The molecule has 0 saturated carbocycles. The Labute approximate surface area is 147 Å². The third kappa shape index (κ3) is 2.10. The van der Waals surface area contributed by atoms with E-state index in [4.69, 9.17) is 4.99 Å². The van der Waals surface area contributed by atoms with Gasteiger partial charge in [0, 0.05) is 29.0 Å². The van der Waals surface area contributed by atoms with Gasteiger partial charge >= 0.3 is 0 Å². The molecular formula is C21H22FN3. The molecule has 0 amide bonds. The molecule has 1 aliphatic rings. The molecule has 1 aliphatic heterocycles. The number of aliphatic imine (C=N–C) groups is 1. The zero-order valence-electron chi connectivity index (χ0n) is 15.3. The Morgan fingerprint density at radius 2 is 1.68 bits per heavy atom. The van der Waals surface area contributed by atoms with Gasteiger partial charge in [0.1, 0.15) is 5.82 Å². The summed E-state index contributed by atoms with van der Waals surface area (Å²) < 4.78 is 16.7. The van der Waals surface area contributed by atoms with Crippen molar-refractivity contribution in [3.05, 3.63) is 65.1 Å². The second-order valence-corrected chi connectivity index (χ2v) is 7.80. The van der Waals surface area contributed by atoms with Crippen LogP contribution in [-0.2, 0) is 12.5 Å². The summed E-state index contributed by atoms with van der Waals surface area (Å²) in [5.74, 6) is -0.172. The van der Waals surface area contributed by atoms with Crippen LogP contribution in [-0.4, -0.2) is 21.0 Å². The van der Waals surface area contributed by atoms with Crippen LogP contribution in [0.3, 0.4) is 0 Å². The van der Waals surface area contributed by atoms with Crippen LogP contribution in [0.4, 0.5) is 4.39 Å². The number of hydrogen-bond acceptors (Lipinski definition) is 2. The fourth-order valence-electron chi connectivity index (χ4n) is 3.75. The Bertz CT molecular complexity index is 1020. The van der Waals surface area contributed by atoms with Gasteiger partial charge in [0.25, 0.3) is 0 Å². The van der Waals surface area contributed by atoms with E-state index in [9.17, 15) is 4.39 Å². The predicted octanol–water partition coefficient (Wildman–Crippen LogP) is 4.62. The summed E-state index contributed by atoms with van der Waals surface area (Å²) in [7, 11) is 1.92. The second-order valence-electron chi connectivity index (χ2n) is 7.80. The zero-order valence-corrected chi connectivity index (χ0v) is 15.3. The first-order valence-corrected chi connectivity index (χ1v) is 8.55. The number of fused-ring (bicyclic) bond motifs is 2. The summed E-state index contributed by atoms with van der Waals surface area (Å²) >= 11 is 0. The largest absolute Gasteiger partial charge is 0.275 e. The molecule has 0 spiro atoms. The number of benzene rings is 2. The molecule has 0 unspecified atom stereocenters. The molecule has 3 nitrogen and oxygen atoms in total. The number of rotatable bonds is 1. The third-order valence-corrected chi connectivity index (χ3v) is 5.78. The van der Waals surface area contributed by atoms with Gasteiger partial charge in [-0.3, -0.25) is 9.67 Å². The summed E-state index contributed by atoms with van der Waals surface area (Å²) in [6.07, 6.45) is 0. The lowest BCUT2D eigenvalue weighted by Gasteiger charge is -2.44. The molecule has 2 aromatic carbocycles. The monoisotopic (exact) mass is 335 g/mol. The molecule has 1 aromatic heterocycles. The molecule has 0 aliphatic carbocycles. The molecule has 0 fully saturated rings. The molecule has 0 bridgehead atoms. The van der Waals surface area contributed by atoms with Crippen LogP contribution in [0, 0.1) is 5.82 Å². The van der Waals surface area contributed by atoms with E-state index in [0.717, 1.165) is 33.4 Å². The van der Waals surface area contributed by atoms with Gasteiger partial charge in [-0.05, 0) is 26.0 Å². The molecule has 0 atom stereocenters. The highest BCUT2D eigenvalue weighted by atomic mass is 19.1. The van der Waals surface area contributed by atoms with Crippen molar-refractivity contribution >= 4 is 16.6 Å². The maximum atomic E-state index is 14.9. The average molecular weight is 335 g/mol. The first kappa shape index (κ1) is 16.0. The Kier molecular flexibility index (Phi) is 3.21. The van der Waals surface area contributed by atoms with E-state index in [1.807, 2.05) is 42.1 Å². The van der Waals surface area contributed by atoms with Crippen molar-refractivity contribution in [2.45, 2.75) is 38.6 Å². The summed E-state index contributed by atoms with van der Waals surface area (Å²) in [4.78, 5) is 5.09. The molecule has 0 N–H and O–H groups in total. The summed E-state index contributed by atoms with van der Waals surface area (Å²) in [6, 6.07) is 13.3. The van der Waals surface area contributed by atoms with Crippen LogP contribution in [0.5, 0.6) is 0 Å². The van der Waals surface area contributed by atoms with Gasteiger partial charge in [-0.2, -0.15) is 5.10 Å². The predicted molar refractivity (Wildman–Crippen MR) is 99.9 cm³/mol. The first-order chi connectivity index (χ1) is 11.7. The average Bonchev–Trinajstić information content (AvgIpc) is 2.87. The van der Waals surface area contributed by atoms with Gasteiger partial charge in [-0.15, -0.1) is 0 Å². The molecule has 2 heterocycles. The van der Waals surface area contributed by atoms with Crippen LogP contribution in [0.1, 0.15) is 44.5 Å². The number of hydrogen-bond donors (Lipinski definition) is 0. The van der Waals surface area contributed by atoms with Gasteiger partial charge < -0.3 is 0 Å². The first-order valence-electron chi connectivity index (χ1n) is 8.55. The fourth-order valence-corrected chi connectivity index (χ4v) is 3.75. The normalized spacial score (nSPS) is 18.1. The van der Waals surface area contributed by atoms with Crippen LogP contribution in [0.25, 0.3) is 10.9 Å². The van der Waals surface area contributed by atoms with E-state index in [1.165, 1.54) is 0 Å². The van der Waals surface area contributed by atoms with Crippen molar-refractivity contribution < 1.29 is 4.39 Å². The number of aryl methyl sites for hydroxylation is 1. The Balaban J connectivity index is 2.11. The van der Waals surface area contributed by atoms with Gasteiger partial charge in [0.2, 0.25) is 0 Å². The Morgan fingerprint density at radius 1 is 0.960 bits per heavy atom. The molecule has 4 rings (SSSR count). The lowest BCUT2D eigenvalue weighted by atomic mass is 9.65. The number of nitrogens with zero attached hydrogens (tertiary/aromatic N) is 3. The van der Waals surface area contributed by atoms with Crippen molar-refractivity contribution in [2.75, 3.05) is 0 Å². The molecule has 0 radical (unpaired) electrons. The van der Waals surface area contributed by atoms with Crippen molar-refractivity contribution in [3.63, 3.8) is 0 Å². The topological polar surface area (TPSA) is 30.2 Å². The highest BCUT2D eigenvalue weighted by Crippen LogP contribution is 2.45. The van der Waals surface area contributed by atoms with E-state index < -0.39 is 11.0 Å². The van der Waals surface area contributed by atoms with Crippen molar-refractivity contribution in [1.29, 1.82) is 0 Å². The van der Waals surface area contributed by atoms with Crippen LogP contribution >= 0.6 is 0 Å². The maximum Gasteiger partial charge on any atom is 0.127 e. The lowest BCUT2D eigenvalue weighted by molar-refractivity contribution is 0.293. The van der Waals surface area contributed by atoms with Crippen molar-refractivity contribution in [3.8, 4) is 0 Å². The summed E-state index contributed by atoms with van der Waals surface area (Å²) in [6.45, 7) is 8.27. The Hall–Kier alpha value is -2.49. The molecule has 4 heteroatoms. The van der Waals surface area contributed by atoms with Crippen LogP contribution < -0.4 is 0 Å². The fraction of sp³-hybridized carbons (Fsp3) is 0.333. The molecule has 3 aromatic rings. The Morgan fingerprint density at radius 3 is 2.44 bits per heavy atom. The zero-order chi connectivity index (χ0) is 18.0. The minimum atomic E-state index is -0.442. The lowest BCUT2D eigenvalue weighted by Crippen LogP contribution is -2.47. The summed E-state index contributed by atoms with van der Waals surface area (Å²) in [5, 5.41) is 5.65. The van der Waals surface area contributed by atoms with E-state index in [1.54, 1.807) is 12.1 Å². The molecule has 25 heavy (non-hydrogen) atoms. The van der Waals surface area contributed by atoms with Crippen LogP contribution in [0.15, 0.2) is 47.5 Å². The van der Waals surface area contributed by atoms with E-state index in [-0.39, 0.29) is 5.82 Å². The molecular weight excluding hydrogens is 313 g/mol. The SMILES string of the molecule is Cn1nc2ccccc2c1C1=NC(C)(C)C(C)(C)c2c(F)cccc21. The highest BCUT2D eigenvalue weighted by Gasteiger charge is 2.46. The van der Waals surface area contributed by atoms with Gasteiger partial charge in [-0.25, -0.2) is 4.39 Å². The maximum absolute atomic E-state index is 14.9. The smallest absolute Gasteiger partial charge is 0.127 e. The van der Waals surface area contributed by atoms with Crippen molar-refractivity contribution in [1.82, 2.24) is 9.78 Å². The highest BCUT2D eigenvalue weighted by molar-refractivity contribution is 6.19. The van der Waals surface area contributed by atoms with Gasteiger partial charge in [-0.1, -0.05) is 44.2 Å². The second kappa shape index (κ2) is 5.01. The molecule has 0 saturated heterocycles. The third-order valence-electron chi connectivity index (χ3n) is 5.78. The minimum Gasteiger partial charge on any atom is -0.275 e. The van der Waals surface area contributed by atoms with E-state index in [2.05, 4.69) is 32.8 Å². The minimum absolute atomic E-state index is 0.172. The number of aromatic nitrogens is 2.